The van der Waals surface area contributed by atoms with Crippen LogP contribution in [0, 0.1) is 27.7 Å². The number of aryl methyl sites for hydroxylation is 4. The van der Waals surface area contributed by atoms with E-state index in [4.69, 9.17) is 0 Å². The largest absolute Gasteiger partial charge is 0.367 e. The Morgan fingerprint density at radius 2 is 1.68 bits per heavy atom. The maximum absolute atomic E-state index is 12.6. The topological polar surface area (TPSA) is 102 Å². The Balaban J connectivity index is 1.57. The van der Waals surface area contributed by atoms with E-state index in [0.717, 1.165) is 22.4 Å². The minimum atomic E-state index is -3.57. The number of hydrogen-bond acceptors (Lipinski definition) is 6. The van der Waals surface area contributed by atoms with E-state index in [9.17, 15) is 8.42 Å². The predicted molar refractivity (Wildman–Crippen MR) is 108 cm³/mol. The van der Waals surface area contributed by atoms with E-state index in [0.29, 0.717) is 23.1 Å². The Morgan fingerprint density at radius 3 is 2.25 bits per heavy atom. The number of aromatic nitrogens is 4. The number of rotatable bonds is 7. The molecule has 8 nitrogen and oxygen atoms in total. The maximum atomic E-state index is 12.6. The fraction of sp³-hybridized carbons (Fsp3) is 0.316. The minimum Gasteiger partial charge on any atom is -0.367 e. The van der Waals surface area contributed by atoms with Crippen molar-refractivity contribution in [1.29, 1.82) is 0 Å². The van der Waals surface area contributed by atoms with Gasteiger partial charge in [-0.15, -0.1) is 10.2 Å². The van der Waals surface area contributed by atoms with E-state index in [1.165, 1.54) is 0 Å². The van der Waals surface area contributed by atoms with Crippen LogP contribution in [-0.4, -0.2) is 41.5 Å². The van der Waals surface area contributed by atoms with E-state index < -0.39 is 10.0 Å². The quantitative estimate of drug-likeness (QED) is 0.590. The van der Waals surface area contributed by atoms with E-state index in [1.54, 1.807) is 16.8 Å². The van der Waals surface area contributed by atoms with Crippen molar-refractivity contribution in [3.63, 3.8) is 0 Å². The van der Waals surface area contributed by atoms with Gasteiger partial charge in [0.05, 0.1) is 10.6 Å². The first-order chi connectivity index (χ1) is 13.3. The Morgan fingerprint density at radius 1 is 0.964 bits per heavy atom. The fourth-order valence-electron chi connectivity index (χ4n) is 3.12. The second kappa shape index (κ2) is 8.07. The molecule has 3 aromatic rings. The van der Waals surface area contributed by atoms with Crippen molar-refractivity contribution < 1.29 is 8.42 Å². The fourth-order valence-corrected chi connectivity index (χ4v) is 4.60. The van der Waals surface area contributed by atoms with Gasteiger partial charge < -0.3 is 5.32 Å². The standard InChI is InChI=1S/C19H24N6O2S/c1-13-11-14(2)19(15(3)12-13)28(26,27)21-9-8-20-17-5-6-18(23-22-17)25-10-7-16(4)24-25/h5-7,10-12,21H,8-9H2,1-4H3,(H,20,22). The van der Waals surface area contributed by atoms with Gasteiger partial charge in [-0.3, -0.25) is 0 Å². The molecule has 28 heavy (non-hydrogen) atoms. The third-order valence-electron chi connectivity index (χ3n) is 4.20. The molecular weight excluding hydrogens is 376 g/mol. The summed E-state index contributed by atoms with van der Waals surface area (Å²) < 4.78 is 29.5. The zero-order chi connectivity index (χ0) is 20.3. The summed E-state index contributed by atoms with van der Waals surface area (Å²) in [7, 11) is -3.57. The van der Waals surface area contributed by atoms with Crippen LogP contribution in [0.2, 0.25) is 0 Å². The van der Waals surface area contributed by atoms with Gasteiger partial charge in [-0.2, -0.15) is 5.10 Å². The lowest BCUT2D eigenvalue weighted by atomic mass is 10.1. The highest BCUT2D eigenvalue weighted by Gasteiger charge is 2.19. The summed E-state index contributed by atoms with van der Waals surface area (Å²) >= 11 is 0. The van der Waals surface area contributed by atoms with Crippen LogP contribution in [-0.2, 0) is 10.0 Å². The summed E-state index contributed by atoms with van der Waals surface area (Å²) in [4.78, 5) is 0.344. The van der Waals surface area contributed by atoms with Crippen LogP contribution in [0.4, 0.5) is 5.82 Å². The number of anilines is 1. The third kappa shape index (κ3) is 4.55. The van der Waals surface area contributed by atoms with Gasteiger partial charge in [0.15, 0.2) is 5.82 Å². The molecule has 0 unspecified atom stereocenters. The van der Waals surface area contributed by atoms with Crippen LogP contribution in [0.1, 0.15) is 22.4 Å². The van der Waals surface area contributed by atoms with Crippen LogP contribution in [0.5, 0.6) is 0 Å². The monoisotopic (exact) mass is 400 g/mol. The first-order valence-corrected chi connectivity index (χ1v) is 10.4. The minimum absolute atomic E-state index is 0.233. The molecule has 2 aromatic heterocycles. The smallest absolute Gasteiger partial charge is 0.241 e. The Kier molecular flexibility index (Phi) is 5.76. The SMILES string of the molecule is Cc1cc(C)c(S(=O)(=O)NCCNc2ccc(-n3ccc(C)n3)nn2)c(C)c1. The van der Waals surface area contributed by atoms with E-state index >= 15 is 0 Å². The molecule has 0 bridgehead atoms. The normalized spacial score (nSPS) is 11.6. The molecule has 0 aliphatic rings. The summed E-state index contributed by atoms with van der Waals surface area (Å²) in [6.07, 6.45) is 1.82. The van der Waals surface area contributed by atoms with Gasteiger partial charge in [-0.25, -0.2) is 17.8 Å². The molecule has 1 aromatic carbocycles. The van der Waals surface area contributed by atoms with Crippen molar-refractivity contribution >= 4 is 15.8 Å². The predicted octanol–water partition coefficient (Wildman–Crippen LogP) is 2.29. The van der Waals surface area contributed by atoms with Crippen molar-refractivity contribution in [2.75, 3.05) is 18.4 Å². The van der Waals surface area contributed by atoms with Gasteiger partial charge in [0, 0.05) is 19.3 Å². The van der Waals surface area contributed by atoms with Crippen LogP contribution < -0.4 is 10.0 Å². The maximum Gasteiger partial charge on any atom is 0.241 e. The number of sulfonamides is 1. The zero-order valence-corrected chi connectivity index (χ0v) is 17.2. The molecular formula is C19H24N6O2S. The molecule has 148 valence electrons. The van der Waals surface area contributed by atoms with Crippen molar-refractivity contribution in [2.45, 2.75) is 32.6 Å². The molecule has 2 N–H and O–H groups in total. The van der Waals surface area contributed by atoms with Crippen molar-refractivity contribution in [3.8, 4) is 5.82 Å². The average Bonchev–Trinajstić information content (AvgIpc) is 3.04. The van der Waals surface area contributed by atoms with Crippen molar-refractivity contribution in [2.24, 2.45) is 0 Å². The van der Waals surface area contributed by atoms with E-state index in [2.05, 4.69) is 25.3 Å². The van der Waals surface area contributed by atoms with Crippen LogP contribution in [0.25, 0.3) is 5.82 Å². The Hall–Kier alpha value is -2.78. The highest BCUT2D eigenvalue weighted by Crippen LogP contribution is 2.21. The summed E-state index contributed by atoms with van der Waals surface area (Å²) in [6.45, 7) is 8.10. The van der Waals surface area contributed by atoms with Crippen LogP contribution in [0.15, 0.2) is 41.4 Å². The number of hydrogen-bond donors (Lipinski definition) is 2. The zero-order valence-electron chi connectivity index (χ0n) is 16.4. The molecule has 0 radical (unpaired) electrons. The molecule has 0 saturated heterocycles. The number of benzene rings is 1. The molecule has 0 saturated carbocycles. The molecule has 0 aliphatic carbocycles. The Bertz CT molecular complexity index is 1050. The van der Waals surface area contributed by atoms with Crippen molar-refractivity contribution in [3.05, 3.63) is 58.9 Å². The molecule has 0 aliphatic heterocycles. The molecule has 2 heterocycles. The lowest BCUT2D eigenvalue weighted by Crippen LogP contribution is -2.30. The Labute approximate surface area is 165 Å². The highest BCUT2D eigenvalue weighted by molar-refractivity contribution is 7.89. The molecule has 9 heteroatoms. The second-order valence-corrected chi connectivity index (χ2v) is 8.43. The van der Waals surface area contributed by atoms with Gasteiger partial charge in [-0.1, -0.05) is 17.7 Å². The van der Waals surface area contributed by atoms with Gasteiger partial charge in [-0.05, 0) is 57.0 Å². The van der Waals surface area contributed by atoms with Crippen LogP contribution in [0.3, 0.4) is 0 Å². The lowest BCUT2D eigenvalue weighted by molar-refractivity contribution is 0.581. The summed E-state index contributed by atoms with van der Waals surface area (Å²) in [5, 5.41) is 15.6. The van der Waals surface area contributed by atoms with E-state index in [-0.39, 0.29) is 6.54 Å². The summed E-state index contributed by atoms with van der Waals surface area (Å²) in [5.41, 5.74) is 3.43. The molecule has 3 rings (SSSR count). The molecule has 0 spiro atoms. The number of nitrogens with zero attached hydrogens (tertiary/aromatic N) is 4. The average molecular weight is 401 g/mol. The third-order valence-corrected chi connectivity index (χ3v) is 5.97. The molecule has 0 fully saturated rings. The van der Waals surface area contributed by atoms with Gasteiger partial charge in [0.2, 0.25) is 10.0 Å². The summed E-state index contributed by atoms with van der Waals surface area (Å²) in [5.74, 6) is 1.18. The lowest BCUT2D eigenvalue weighted by Gasteiger charge is -2.13. The first-order valence-electron chi connectivity index (χ1n) is 8.94. The first kappa shape index (κ1) is 20.0. The molecule has 0 atom stereocenters. The van der Waals surface area contributed by atoms with Gasteiger partial charge in [0.1, 0.15) is 5.82 Å². The van der Waals surface area contributed by atoms with Gasteiger partial charge >= 0.3 is 0 Å². The molecule has 0 amide bonds. The summed E-state index contributed by atoms with van der Waals surface area (Å²) in [6, 6.07) is 9.21. The van der Waals surface area contributed by atoms with Crippen LogP contribution >= 0.6 is 0 Å². The van der Waals surface area contributed by atoms with Gasteiger partial charge in [0.25, 0.3) is 0 Å². The second-order valence-electron chi connectivity index (χ2n) is 6.73. The highest BCUT2D eigenvalue weighted by atomic mass is 32.2. The number of nitrogens with one attached hydrogen (secondary N) is 2. The van der Waals surface area contributed by atoms with E-state index in [1.807, 2.05) is 52.1 Å². The van der Waals surface area contributed by atoms with Crippen molar-refractivity contribution in [1.82, 2.24) is 24.7 Å².